The molecule has 0 atom stereocenters. The van der Waals surface area contributed by atoms with Gasteiger partial charge in [0.05, 0.1) is 22.9 Å². The van der Waals surface area contributed by atoms with Gasteiger partial charge in [-0.25, -0.2) is 0 Å². The normalized spacial score (nSPS) is 22.5. The van der Waals surface area contributed by atoms with Crippen molar-refractivity contribution in [2.24, 2.45) is 0 Å². The fraction of sp³-hybridized carbons (Fsp3) is 0.889. The largest absolute Gasteiger partial charge is 0.317 e. The van der Waals surface area contributed by atoms with E-state index in [1.165, 1.54) is 12.8 Å². The van der Waals surface area contributed by atoms with E-state index in [-0.39, 0.29) is 0 Å². The van der Waals surface area contributed by atoms with Crippen molar-refractivity contribution in [3.63, 3.8) is 0 Å². The molecule has 1 aliphatic heterocycles. The first-order valence-corrected chi connectivity index (χ1v) is 5.94. The third-order valence-electron chi connectivity index (χ3n) is 2.22. The van der Waals surface area contributed by atoms with Gasteiger partial charge in [0, 0.05) is 13.0 Å². The van der Waals surface area contributed by atoms with Crippen molar-refractivity contribution in [1.82, 2.24) is 8.43 Å². The standard InChI is InChI=1S/C9H17IN2O/c10-12-8-4-7-11-6-3-1-2-5-9(12)13/h11H,1-8H2. The Kier molecular flexibility index (Phi) is 5.70. The van der Waals surface area contributed by atoms with E-state index < -0.39 is 0 Å². The first-order chi connectivity index (χ1) is 6.30. The Morgan fingerprint density at radius 1 is 1.15 bits per heavy atom. The van der Waals surface area contributed by atoms with Crippen LogP contribution in [0.1, 0.15) is 32.1 Å². The maximum absolute atomic E-state index is 11.4. The quantitative estimate of drug-likeness (QED) is 0.545. The molecule has 0 aromatic rings. The number of hydrogen-bond donors (Lipinski definition) is 1. The molecule has 13 heavy (non-hydrogen) atoms. The highest BCUT2D eigenvalue weighted by molar-refractivity contribution is 14.1. The summed E-state index contributed by atoms with van der Waals surface area (Å²) >= 11 is 2.12. The van der Waals surface area contributed by atoms with E-state index in [9.17, 15) is 4.79 Å². The number of carbonyl (C=O) groups excluding carboxylic acids is 1. The van der Waals surface area contributed by atoms with Gasteiger partial charge in [0.1, 0.15) is 0 Å². The summed E-state index contributed by atoms with van der Waals surface area (Å²) in [6.07, 6.45) is 5.20. The van der Waals surface area contributed by atoms with Gasteiger partial charge in [-0.15, -0.1) is 0 Å². The van der Waals surface area contributed by atoms with E-state index in [2.05, 4.69) is 28.2 Å². The van der Waals surface area contributed by atoms with Gasteiger partial charge < -0.3 is 5.32 Å². The highest BCUT2D eigenvalue weighted by atomic mass is 127. The van der Waals surface area contributed by atoms with Gasteiger partial charge in [-0.1, -0.05) is 6.42 Å². The minimum absolute atomic E-state index is 0.294. The molecule has 1 heterocycles. The summed E-state index contributed by atoms with van der Waals surface area (Å²) in [4.78, 5) is 11.4. The maximum Gasteiger partial charge on any atom is 0.231 e. The molecule has 76 valence electrons. The van der Waals surface area contributed by atoms with Crippen LogP contribution in [0.2, 0.25) is 0 Å². The number of hydrogen-bond acceptors (Lipinski definition) is 2. The average Bonchev–Trinajstić information content (AvgIpc) is 2.16. The van der Waals surface area contributed by atoms with E-state index in [0.717, 1.165) is 38.9 Å². The van der Waals surface area contributed by atoms with Crippen molar-refractivity contribution in [2.75, 3.05) is 19.6 Å². The van der Waals surface area contributed by atoms with Crippen LogP contribution in [0.25, 0.3) is 0 Å². The molecule has 1 saturated heterocycles. The maximum atomic E-state index is 11.4. The van der Waals surface area contributed by atoms with Crippen LogP contribution in [0.5, 0.6) is 0 Å². The van der Waals surface area contributed by atoms with E-state index in [1.807, 2.05) is 3.11 Å². The van der Waals surface area contributed by atoms with Crippen LogP contribution in [-0.4, -0.2) is 28.7 Å². The third-order valence-corrected chi connectivity index (χ3v) is 3.24. The van der Waals surface area contributed by atoms with E-state index in [4.69, 9.17) is 0 Å². The number of amides is 1. The fourth-order valence-electron chi connectivity index (χ4n) is 1.42. The molecular weight excluding hydrogens is 279 g/mol. The molecule has 0 aromatic heterocycles. The Morgan fingerprint density at radius 2 is 1.92 bits per heavy atom. The monoisotopic (exact) mass is 296 g/mol. The summed E-state index contributed by atoms with van der Waals surface area (Å²) in [5, 5.41) is 3.38. The van der Waals surface area contributed by atoms with Crippen molar-refractivity contribution < 1.29 is 4.79 Å². The topological polar surface area (TPSA) is 32.3 Å². The zero-order chi connectivity index (χ0) is 9.52. The number of halogens is 1. The molecule has 1 fully saturated rings. The predicted octanol–water partition coefficient (Wildman–Crippen LogP) is 1.72. The zero-order valence-corrected chi connectivity index (χ0v) is 10.0. The van der Waals surface area contributed by atoms with Gasteiger partial charge >= 0.3 is 0 Å². The smallest absolute Gasteiger partial charge is 0.231 e. The lowest BCUT2D eigenvalue weighted by Gasteiger charge is -2.13. The molecule has 1 amide bonds. The second kappa shape index (κ2) is 6.59. The summed E-state index contributed by atoms with van der Waals surface area (Å²) in [5.74, 6) is 0.294. The lowest BCUT2D eigenvalue weighted by atomic mass is 10.2. The Hall–Kier alpha value is 0.160. The van der Waals surface area contributed by atoms with E-state index in [1.54, 1.807) is 0 Å². The molecule has 1 rings (SSSR count). The first-order valence-electron chi connectivity index (χ1n) is 4.97. The minimum atomic E-state index is 0.294. The molecule has 3 nitrogen and oxygen atoms in total. The zero-order valence-electron chi connectivity index (χ0n) is 7.89. The van der Waals surface area contributed by atoms with Gasteiger partial charge in [0.25, 0.3) is 0 Å². The SMILES string of the molecule is O=C1CCCCCNCCCN1I. The summed E-state index contributed by atoms with van der Waals surface area (Å²) in [5.41, 5.74) is 0. The van der Waals surface area contributed by atoms with E-state index >= 15 is 0 Å². The number of rotatable bonds is 0. The Morgan fingerprint density at radius 3 is 2.77 bits per heavy atom. The van der Waals surface area contributed by atoms with Gasteiger partial charge in [-0.05, 0) is 32.4 Å². The number of nitrogens with zero attached hydrogens (tertiary/aromatic N) is 1. The molecule has 0 unspecified atom stereocenters. The fourth-order valence-corrected chi connectivity index (χ4v) is 2.00. The van der Waals surface area contributed by atoms with E-state index in [0.29, 0.717) is 5.91 Å². The van der Waals surface area contributed by atoms with Crippen LogP contribution in [-0.2, 0) is 4.79 Å². The molecule has 0 saturated carbocycles. The summed E-state index contributed by atoms with van der Waals surface area (Å²) < 4.78 is 1.82. The minimum Gasteiger partial charge on any atom is -0.317 e. The van der Waals surface area contributed by atoms with Crippen molar-refractivity contribution in [3.8, 4) is 0 Å². The first kappa shape index (κ1) is 11.2. The van der Waals surface area contributed by atoms with Gasteiger partial charge in [0.2, 0.25) is 5.91 Å². The lowest BCUT2D eigenvalue weighted by Crippen LogP contribution is -2.24. The molecule has 0 aromatic carbocycles. The molecule has 0 bridgehead atoms. The average molecular weight is 296 g/mol. The number of nitrogens with one attached hydrogen (secondary N) is 1. The highest BCUT2D eigenvalue weighted by Crippen LogP contribution is 2.08. The van der Waals surface area contributed by atoms with Crippen molar-refractivity contribution in [3.05, 3.63) is 0 Å². The second-order valence-corrected chi connectivity index (χ2v) is 4.56. The van der Waals surface area contributed by atoms with Crippen molar-refractivity contribution in [1.29, 1.82) is 0 Å². The van der Waals surface area contributed by atoms with Crippen LogP contribution < -0.4 is 5.32 Å². The molecule has 0 radical (unpaired) electrons. The summed E-state index contributed by atoms with van der Waals surface area (Å²) in [7, 11) is 0. The van der Waals surface area contributed by atoms with Crippen LogP contribution in [0.3, 0.4) is 0 Å². The van der Waals surface area contributed by atoms with Crippen molar-refractivity contribution >= 4 is 28.8 Å². The van der Waals surface area contributed by atoms with Crippen LogP contribution in [0.4, 0.5) is 0 Å². The molecule has 1 N–H and O–H groups in total. The predicted molar refractivity (Wildman–Crippen MR) is 61.7 cm³/mol. The van der Waals surface area contributed by atoms with Gasteiger partial charge in [-0.3, -0.25) is 7.91 Å². The molecule has 0 spiro atoms. The highest BCUT2D eigenvalue weighted by Gasteiger charge is 2.09. The Balaban J connectivity index is 2.31. The van der Waals surface area contributed by atoms with Gasteiger partial charge in [0.15, 0.2) is 0 Å². The summed E-state index contributed by atoms with van der Waals surface area (Å²) in [6.45, 7) is 3.02. The van der Waals surface area contributed by atoms with Gasteiger partial charge in [-0.2, -0.15) is 0 Å². The second-order valence-electron chi connectivity index (χ2n) is 3.39. The van der Waals surface area contributed by atoms with Crippen LogP contribution in [0, 0.1) is 0 Å². The Bertz CT molecular complexity index is 164. The Labute approximate surface area is 93.7 Å². The molecule has 1 aliphatic rings. The lowest BCUT2D eigenvalue weighted by molar-refractivity contribution is -0.125. The van der Waals surface area contributed by atoms with Crippen LogP contribution in [0.15, 0.2) is 0 Å². The molecule has 0 aliphatic carbocycles. The van der Waals surface area contributed by atoms with Crippen molar-refractivity contribution in [2.45, 2.75) is 32.1 Å². The molecule has 4 heteroatoms. The number of carbonyl (C=O) groups is 1. The summed E-state index contributed by atoms with van der Waals surface area (Å²) in [6, 6.07) is 0. The van der Waals surface area contributed by atoms with Crippen LogP contribution >= 0.6 is 22.9 Å². The third kappa shape index (κ3) is 4.81. The molecular formula is C9H17IN2O.